The summed E-state index contributed by atoms with van der Waals surface area (Å²) in [4.78, 5) is 0. The maximum Gasteiger partial charge on any atom is 0.123 e. The minimum Gasteiger partial charge on any atom is -0.384 e. The average Bonchev–Trinajstić information content (AvgIpc) is 2.81. The van der Waals surface area contributed by atoms with E-state index in [2.05, 4.69) is 5.10 Å². The molecule has 0 radical (unpaired) electrons. The largest absolute Gasteiger partial charge is 0.384 e. The van der Waals surface area contributed by atoms with E-state index in [-0.39, 0.29) is 5.82 Å². The Hall–Kier alpha value is -2.33. The Balaban J connectivity index is 1.89. The third-order valence-electron chi connectivity index (χ3n) is 3.17. The van der Waals surface area contributed by atoms with Crippen LogP contribution in [-0.2, 0) is 6.54 Å². The lowest BCUT2D eigenvalue weighted by Gasteiger charge is -2.04. The number of halogens is 2. The summed E-state index contributed by atoms with van der Waals surface area (Å²) in [5.74, 6) is 0.264. The predicted octanol–water partition coefficient (Wildman–Crippen LogP) is 3.97. The highest BCUT2D eigenvalue weighted by Crippen LogP contribution is 2.22. The summed E-state index contributed by atoms with van der Waals surface area (Å²) >= 11 is 5.87. The molecule has 0 saturated carbocycles. The number of nitrogens with zero attached hydrogens (tertiary/aromatic N) is 2. The number of anilines is 1. The summed E-state index contributed by atoms with van der Waals surface area (Å²) in [6.45, 7) is 0.428. The quantitative estimate of drug-likeness (QED) is 0.795. The van der Waals surface area contributed by atoms with Gasteiger partial charge in [-0.2, -0.15) is 5.10 Å². The van der Waals surface area contributed by atoms with Crippen LogP contribution in [0.3, 0.4) is 0 Å². The Kier molecular flexibility index (Phi) is 3.62. The molecule has 0 atom stereocenters. The number of nitrogen functional groups attached to an aromatic ring is 1. The van der Waals surface area contributed by atoms with E-state index in [1.807, 2.05) is 18.2 Å². The normalized spacial score (nSPS) is 10.8. The van der Waals surface area contributed by atoms with Crippen LogP contribution >= 0.6 is 11.6 Å². The van der Waals surface area contributed by atoms with Crippen molar-refractivity contribution in [3.63, 3.8) is 0 Å². The second-order valence-corrected chi connectivity index (χ2v) is 5.19. The molecule has 5 heteroatoms. The van der Waals surface area contributed by atoms with Crippen LogP contribution < -0.4 is 5.73 Å². The molecule has 3 nitrogen and oxygen atoms in total. The molecule has 1 heterocycles. The summed E-state index contributed by atoms with van der Waals surface area (Å²) in [6.07, 6.45) is 0. The summed E-state index contributed by atoms with van der Waals surface area (Å²) in [5, 5.41) is 5.13. The van der Waals surface area contributed by atoms with Crippen LogP contribution in [0.5, 0.6) is 0 Å². The molecular formula is C16H13ClFN3. The number of nitrogens with two attached hydrogens (primary N) is 1. The summed E-state index contributed by atoms with van der Waals surface area (Å²) in [6, 6.07) is 15.6. The fourth-order valence-corrected chi connectivity index (χ4v) is 2.25. The van der Waals surface area contributed by atoms with E-state index >= 15 is 0 Å². The standard InChI is InChI=1S/C16H13ClFN3/c17-13-6-4-12(5-7-13)15-9-16(19)21(20-15)10-11-2-1-3-14(18)8-11/h1-9H,10,19H2. The molecule has 2 aromatic carbocycles. The minimum absolute atomic E-state index is 0.267. The zero-order valence-corrected chi connectivity index (χ0v) is 11.9. The Morgan fingerprint density at radius 3 is 2.57 bits per heavy atom. The fourth-order valence-electron chi connectivity index (χ4n) is 2.13. The first-order valence-corrected chi connectivity index (χ1v) is 6.83. The van der Waals surface area contributed by atoms with Gasteiger partial charge in [-0.1, -0.05) is 35.9 Å². The van der Waals surface area contributed by atoms with Gasteiger partial charge in [-0.3, -0.25) is 0 Å². The van der Waals surface area contributed by atoms with E-state index in [4.69, 9.17) is 17.3 Å². The number of aromatic nitrogens is 2. The van der Waals surface area contributed by atoms with E-state index in [9.17, 15) is 4.39 Å². The van der Waals surface area contributed by atoms with Crippen molar-refractivity contribution < 1.29 is 4.39 Å². The van der Waals surface area contributed by atoms with Crippen LogP contribution in [0.4, 0.5) is 10.2 Å². The first-order valence-electron chi connectivity index (χ1n) is 6.45. The van der Waals surface area contributed by atoms with Gasteiger partial charge in [0.2, 0.25) is 0 Å². The summed E-state index contributed by atoms with van der Waals surface area (Å²) in [5.41, 5.74) is 8.49. The van der Waals surface area contributed by atoms with Crippen molar-refractivity contribution in [3.8, 4) is 11.3 Å². The van der Waals surface area contributed by atoms with Crippen molar-refractivity contribution in [1.29, 1.82) is 0 Å². The number of hydrogen-bond acceptors (Lipinski definition) is 2. The number of hydrogen-bond donors (Lipinski definition) is 1. The highest BCUT2D eigenvalue weighted by Gasteiger charge is 2.08. The minimum atomic E-state index is -0.267. The van der Waals surface area contributed by atoms with Gasteiger partial charge in [0.25, 0.3) is 0 Å². The summed E-state index contributed by atoms with van der Waals surface area (Å²) < 4.78 is 14.9. The Morgan fingerprint density at radius 1 is 1.10 bits per heavy atom. The molecule has 0 aliphatic heterocycles. The van der Waals surface area contributed by atoms with Gasteiger partial charge >= 0.3 is 0 Å². The molecule has 1 aromatic heterocycles. The fraction of sp³-hybridized carbons (Fsp3) is 0.0625. The zero-order chi connectivity index (χ0) is 14.8. The molecule has 106 valence electrons. The van der Waals surface area contributed by atoms with Gasteiger partial charge in [0.05, 0.1) is 12.2 Å². The molecular weight excluding hydrogens is 289 g/mol. The first kappa shape index (κ1) is 13.6. The van der Waals surface area contributed by atoms with Crippen molar-refractivity contribution in [1.82, 2.24) is 9.78 Å². The zero-order valence-electron chi connectivity index (χ0n) is 11.1. The van der Waals surface area contributed by atoms with Gasteiger partial charge in [0.1, 0.15) is 11.6 Å². The second-order valence-electron chi connectivity index (χ2n) is 4.75. The van der Waals surface area contributed by atoms with Gasteiger partial charge < -0.3 is 5.73 Å². The molecule has 0 spiro atoms. The van der Waals surface area contributed by atoms with Crippen LogP contribution in [0.15, 0.2) is 54.6 Å². The number of benzene rings is 2. The summed E-state index contributed by atoms with van der Waals surface area (Å²) in [7, 11) is 0. The number of rotatable bonds is 3. The van der Waals surface area contributed by atoms with Gasteiger partial charge in [-0.05, 0) is 29.8 Å². The lowest BCUT2D eigenvalue weighted by atomic mass is 10.1. The van der Waals surface area contributed by atoms with Crippen molar-refractivity contribution in [3.05, 3.63) is 71.0 Å². The monoisotopic (exact) mass is 301 g/mol. The molecule has 21 heavy (non-hydrogen) atoms. The lowest BCUT2D eigenvalue weighted by Crippen LogP contribution is -2.05. The van der Waals surface area contributed by atoms with Crippen LogP contribution in [0.2, 0.25) is 5.02 Å². The van der Waals surface area contributed by atoms with Crippen molar-refractivity contribution in [2.24, 2.45) is 0 Å². The van der Waals surface area contributed by atoms with Gasteiger partial charge in [-0.25, -0.2) is 9.07 Å². The SMILES string of the molecule is Nc1cc(-c2ccc(Cl)cc2)nn1Cc1cccc(F)c1. The van der Waals surface area contributed by atoms with Crippen LogP contribution in [-0.4, -0.2) is 9.78 Å². The third kappa shape index (κ3) is 3.06. The van der Waals surface area contributed by atoms with E-state index < -0.39 is 0 Å². The molecule has 0 unspecified atom stereocenters. The van der Waals surface area contributed by atoms with E-state index in [1.54, 1.807) is 28.9 Å². The van der Waals surface area contributed by atoms with Crippen LogP contribution in [0.1, 0.15) is 5.56 Å². The van der Waals surface area contributed by atoms with Gasteiger partial charge in [-0.15, -0.1) is 0 Å². The molecule has 2 N–H and O–H groups in total. The van der Waals surface area contributed by atoms with E-state index in [1.165, 1.54) is 12.1 Å². The van der Waals surface area contributed by atoms with Crippen molar-refractivity contribution in [2.75, 3.05) is 5.73 Å². The highest BCUT2D eigenvalue weighted by atomic mass is 35.5. The Labute approximate surface area is 126 Å². The molecule has 0 fully saturated rings. The van der Waals surface area contributed by atoms with Crippen molar-refractivity contribution >= 4 is 17.4 Å². The van der Waals surface area contributed by atoms with Crippen LogP contribution in [0, 0.1) is 5.82 Å². The third-order valence-corrected chi connectivity index (χ3v) is 3.42. The predicted molar refractivity (Wildman–Crippen MR) is 82.6 cm³/mol. The first-order chi connectivity index (χ1) is 10.1. The van der Waals surface area contributed by atoms with Gasteiger partial charge in [0, 0.05) is 16.7 Å². The van der Waals surface area contributed by atoms with E-state index in [0.29, 0.717) is 17.4 Å². The van der Waals surface area contributed by atoms with E-state index in [0.717, 1.165) is 16.8 Å². The maximum absolute atomic E-state index is 13.2. The Bertz CT molecular complexity index is 765. The highest BCUT2D eigenvalue weighted by molar-refractivity contribution is 6.30. The van der Waals surface area contributed by atoms with Crippen LogP contribution in [0.25, 0.3) is 11.3 Å². The molecule has 0 aliphatic rings. The second kappa shape index (κ2) is 5.58. The van der Waals surface area contributed by atoms with Gasteiger partial charge in [0.15, 0.2) is 0 Å². The molecule has 0 amide bonds. The molecule has 3 rings (SSSR count). The topological polar surface area (TPSA) is 43.8 Å². The Morgan fingerprint density at radius 2 is 1.86 bits per heavy atom. The molecule has 0 saturated heterocycles. The smallest absolute Gasteiger partial charge is 0.123 e. The molecule has 0 aliphatic carbocycles. The maximum atomic E-state index is 13.2. The average molecular weight is 302 g/mol. The molecule has 0 bridgehead atoms. The molecule has 3 aromatic rings. The lowest BCUT2D eigenvalue weighted by molar-refractivity contribution is 0.620. The van der Waals surface area contributed by atoms with Crippen molar-refractivity contribution in [2.45, 2.75) is 6.54 Å².